The van der Waals surface area contributed by atoms with Crippen LogP contribution in [0.4, 0.5) is 46.5 Å². The second kappa shape index (κ2) is 20.5. The van der Waals surface area contributed by atoms with E-state index in [2.05, 4.69) is 45.4 Å². The molecule has 4 aliphatic rings. The molecule has 0 spiro atoms. The quantitative estimate of drug-likeness (QED) is 0.109. The number of hydrogen-bond donors (Lipinski definition) is 2. The van der Waals surface area contributed by atoms with Crippen molar-refractivity contribution in [1.29, 1.82) is 0 Å². The molecule has 2 atom stereocenters. The molecule has 2 aliphatic carbocycles. The van der Waals surface area contributed by atoms with Gasteiger partial charge in [0.15, 0.2) is 23.1 Å². The zero-order chi connectivity index (χ0) is 49.0. The van der Waals surface area contributed by atoms with Crippen LogP contribution in [0.3, 0.4) is 0 Å². The molecule has 0 bridgehead atoms. The molecule has 2 saturated carbocycles. The first-order valence-electron chi connectivity index (χ1n) is 22.4. The molecule has 23 heteroatoms. The maximum Gasteiger partial charge on any atom is 0.248 e. The minimum absolute atomic E-state index is 0.00752. The summed E-state index contributed by atoms with van der Waals surface area (Å²) in [6.45, 7) is 0.914. The number of ether oxygens (including phenoxy) is 4. The molecule has 2 aliphatic heterocycles. The van der Waals surface area contributed by atoms with Gasteiger partial charge in [-0.05, 0) is 49.1 Å². The molecule has 0 saturated heterocycles. The molecule has 2 unspecified atom stereocenters. The Balaban J connectivity index is 0.000000155. The SMILES string of the molecule is CN1c2nc(Cl)ncc2OCC1C1CCC(F)(F)CC1.COc1cc(N)cnc1-c1cnn(C)c1.COc1cc(Nc2ncc3c(n2)N(C)C(C2CCC(F)(F)CC2)CO3)cnc1-c1cnn(C)c1. The Kier molecular flexibility index (Phi) is 14.5. The molecular formula is C46H55ClF4N14O4. The van der Waals surface area contributed by atoms with E-state index >= 15 is 0 Å². The number of nitrogens with zero attached hydrogens (tertiary/aromatic N) is 12. The smallest absolute Gasteiger partial charge is 0.248 e. The maximum absolute atomic E-state index is 13.6. The summed E-state index contributed by atoms with van der Waals surface area (Å²) in [5, 5.41) is 11.6. The summed E-state index contributed by atoms with van der Waals surface area (Å²) in [4.78, 5) is 29.8. The van der Waals surface area contributed by atoms with Crippen LogP contribution in [-0.2, 0) is 14.1 Å². The second-order valence-corrected chi connectivity index (χ2v) is 17.9. The summed E-state index contributed by atoms with van der Waals surface area (Å²) in [5.41, 5.74) is 10.1. The van der Waals surface area contributed by atoms with Crippen molar-refractivity contribution in [2.75, 3.05) is 62.4 Å². The Labute approximate surface area is 401 Å². The normalized spacial score (nSPS) is 19.6. The van der Waals surface area contributed by atoms with Gasteiger partial charge in [0.2, 0.25) is 23.1 Å². The number of pyridine rings is 2. The van der Waals surface area contributed by atoms with Crippen molar-refractivity contribution in [3.05, 3.63) is 67.0 Å². The predicted molar refractivity (Wildman–Crippen MR) is 252 cm³/mol. The lowest BCUT2D eigenvalue weighted by Crippen LogP contribution is -2.47. The number of anilines is 5. The maximum atomic E-state index is 13.6. The summed E-state index contributed by atoms with van der Waals surface area (Å²) < 4.78 is 79.5. The summed E-state index contributed by atoms with van der Waals surface area (Å²) >= 11 is 5.81. The van der Waals surface area contributed by atoms with Crippen molar-refractivity contribution in [2.24, 2.45) is 25.9 Å². The number of methoxy groups -OCH3 is 2. The molecule has 18 nitrogen and oxygen atoms in total. The largest absolute Gasteiger partial charge is 0.494 e. The minimum atomic E-state index is -2.55. The third-order valence-electron chi connectivity index (χ3n) is 12.9. The summed E-state index contributed by atoms with van der Waals surface area (Å²) in [5.74, 6) is -0.660. The van der Waals surface area contributed by atoms with E-state index in [0.717, 1.165) is 16.8 Å². The fourth-order valence-electron chi connectivity index (χ4n) is 9.09. The van der Waals surface area contributed by atoms with Gasteiger partial charge in [0.1, 0.15) is 36.1 Å². The lowest BCUT2D eigenvalue weighted by Gasteiger charge is -2.41. The predicted octanol–water partition coefficient (Wildman–Crippen LogP) is 8.27. The second-order valence-electron chi connectivity index (χ2n) is 17.6. The third-order valence-corrected chi connectivity index (χ3v) is 13.1. The van der Waals surface area contributed by atoms with Crippen molar-refractivity contribution >= 4 is 40.6 Å². The Hall–Kier alpha value is -6.71. The van der Waals surface area contributed by atoms with Crippen LogP contribution >= 0.6 is 11.6 Å². The number of nitrogen functional groups attached to an aromatic ring is 1. The van der Waals surface area contributed by atoms with Crippen molar-refractivity contribution in [3.63, 3.8) is 0 Å². The monoisotopic (exact) mass is 978 g/mol. The number of rotatable bonds is 8. The van der Waals surface area contributed by atoms with Crippen LogP contribution in [0.25, 0.3) is 22.5 Å². The van der Waals surface area contributed by atoms with Gasteiger partial charge in [0.25, 0.3) is 0 Å². The van der Waals surface area contributed by atoms with Crippen LogP contribution < -0.4 is 39.8 Å². The highest BCUT2D eigenvalue weighted by molar-refractivity contribution is 6.28. The number of alkyl halides is 4. The van der Waals surface area contributed by atoms with E-state index in [1.807, 2.05) is 56.5 Å². The number of aryl methyl sites for hydroxylation is 2. The van der Waals surface area contributed by atoms with Crippen molar-refractivity contribution in [2.45, 2.75) is 75.3 Å². The Bertz CT molecular complexity index is 2710. The van der Waals surface area contributed by atoms with Crippen LogP contribution in [-0.4, -0.2) is 115 Å². The standard InChI is InChI=1S/C23H27F2N7O2.C13H16ClF2N3O.C10H12N4O/c1-31-12-15(9-28-31)20-18(33-3)8-16(10-26-20)29-22-27-11-19-21(30-22)32(2)17(13-34-19)14-4-6-23(24,25)7-5-14;1-19-9(8-2-4-13(15,16)5-3-8)7-20-10-6-17-12(14)18-11(10)19;1-14-6-7(4-13-14)10-9(15-2)3-8(11)5-12-10/h8-12,14,17H,4-7,13H2,1-3H3,(H,27,29,30);6,8-9H,2-5,7H2,1H3;3-6H,11H2,1-2H3. The van der Waals surface area contributed by atoms with E-state index in [4.69, 9.17) is 36.3 Å². The molecule has 0 aromatic carbocycles. The number of nitrogens with one attached hydrogen (secondary N) is 1. The first-order chi connectivity index (χ1) is 33.0. The fraction of sp³-hybridized carbons (Fsp3) is 0.478. The number of hydrogen-bond acceptors (Lipinski definition) is 16. The highest BCUT2D eigenvalue weighted by Crippen LogP contribution is 2.44. The van der Waals surface area contributed by atoms with Crippen molar-refractivity contribution in [1.82, 2.24) is 49.5 Å². The molecule has 6 aromatic heterocycles. The molecule has 69 heavy (non-hydrogen) atoms. The average molecular weight is 979 g/mol. The fourth-order valence-corrected chi connectivity index (χ4v) is 9.22. The van der Waals surface area contributed by atoms with Gasteiger partial charge in [-0.25, -0.2) is 27.5 Å². The van der Waals surface area contributed by atoms with Crippen molar-refractivity contribution in [3.8, 4) is 45.5 Å². The molecular weight excluding hydrogens is 924 g/mol. The van der Waals surface area contributed by atoms with E-state index in [9.17, 15) is 17.6 Å². The summed E-state index contributed by atoms with van der Waals surface area (Å²) in [6.07, 6.45) is 15.4. The average Bonchev–Trinajstić information content (AvgIpc) is 3.98. The summed E-state index contributed by atoms with van der Waals surface area (Å²) in [7, 11) is 10.7. The molecule has 8 heterocycles. The van der Waals surface area contributed by atoms with Gasteiger partial charge in [0.05, 0.1) is 74.9 Å². The van der Waals surface area contributed by atoms with Gasteiger partial charge < -0.3 is 39.8 Å². The zero-order valence-electron chi connectivity index (χ0n) is 39.1. The number of aromatic nitrogens is 10. The third kappa shape index (κ3) is 11.4. The topological polar surface area (TPSA) is 194 Å². The molecule has 10 rings (SSSR count). The van der Waals surface area contributed by atoms with E-state index in [0.29, 0.717) is 96.5 Å². The number of fused-ring (bicyclic) bond motifs is 2. The lowest BCUT2D eigenvalue weighted by atomic mass is 9.81. The van der Waals surface area contributed by atoms with Crippen LogP contribution in [0.15, 0.2) is 61.7 Å². The van der Waals surface area contributed by atoms with E-state index in [1.54, 1.807) is 66.8 Å². The number of halogens is 5. The molecule has 0 radical (unpaired) electrons. The lowest BCUT2D eigenvalue weighted by molar-refractivity contribution is -0.0506. The van der Waals surface area contributed by atoms with E-state index in [1.165, 1.54) is 0 Å². The van der Waals surface area contributed by atoms with Gasteiger partial charge in [-0.3, -0.25) is 19.3 Å². The van der Waals surface area contributed by atoms with Gasteiger partial charge in [-0.15, -0.1) is 0 Å². The van der Waals surface area contributed by atoms with Crippen LogP contribution in [0.2, 0.25) is 5.28 Å². The van der Waals surface area contributed by atoms with Gasteiger partial charge >= 0.3 is 0 Å². The first kappa shape index (κ1) is 48.7. The highest BCUT2D eigenvalue weighted by atomic mass is 35.5. The van der Waals surface area contributed by atoms with Gasteiger partial charge in [-0.2, -0.15) is 20.2 Å². The zero-order valence-corrected chi connectivity index (χ0v) is 39.9. The Morgan fingerprint density at radius 1 is 0.652 bits per heavy atom. The highest BCUT2D eigenvalue weighted by Gasteiger charge is 2.42. The van der Waals surface area contributed by atoms with Crippen molar-refractivity contribution < 1.29 is 36.5 Å². The Morgan fingerprint density at radius 2 is 1.13 bits per heavy atom. The van der Waals surface area contributed by atoms with E-state index < -0.39 is 11.8 Å². The molecule has 0 amide bonds. The van der Waals surface area contributed by atoms with Crippen LogP contribution in [0, 0.1) is 11.8 Å². The molecule has 2 fully saturated rings. The van der Waals surface area contributed by atoms with E-state index in [-0.39, 0.29) is 54.9 Å². The van der Waals surface area contributed by atoms with Gasteiger partial charge in [0, 0.05) is 89.5 Å². The van der Waals surface area contributed by atoms with Gasteiger partial charge in [-0.1, -0.05) is 0 Å². The minimum Gasteiger partial charge on any atom is -0.494 e. The first-order valence-corrected chi connectivity index (χ1v) is 22.8. The molecule has 6 aromatic rings. The number of likely N-dealkylation sites (N-methyl/N-ethyl adjacent to an activating group) is 2. The molecule has 3 N–H and O–H groups in total. The number of nitrogens with two attached hydrogens (primary N) is 1. The van der Waals surface area contributed by atoms with Crippen LogP contribution in [0.1, 0.15) is 51.4 Å². The van der Waals surface area contributed by atoms with Crippen LogP contribution in [0.5, 0.6) is 23.0 Å². The Morgan fingerprint density at radius 3 is 1.62 bits per heavy atom. The summed E-state index contributed by atoms with van der Waals surface area (Å²) in [6, 6.07) is 3.62. The molecule has 368 valence electrons.